The van der Waals surface area contributed by atoms with E-state index in [1.54, 1.807) is 25.5 Å². The molecule has 1 amide bonds. The molecule has 0 unspecified atom stereocenters. The summed E-state index contributed by atoms with van der Waals surface area (Å²) in [4.78, 5) is 20.0. The molecule has 0 saturated carbocycles. The zero-order chi connectivity index (χ0) is 18.9. The molecule has 1 aromatic carbocycles. The first-order valence-corrected chi connectivity index (χ1v) is 9.19. The second-order valence-corrected chi connectivity index (χ2v) is 6.74. The Morgan fingerprint density at radius 1 is 1.33 bits per heavy atom. The number of halogens is 1. The van der Waals surface area contributed by atoms with Crippen LogP contribution in [0.25, 0.3) is 0 Å². The summed E-state index contributed by atoms with van der Waals surface area (Å²) in [6.07, 6.45) is 0.847. The van der Waals surface area contributed by atoms with Crippen LogP contribution in [0.15, 0.2) is 28.6 Å². The van der Waals surface area contributed by atoms with Gasteiger partial charge in [-0.3, -0.25) is 9.79 Å². The summed E-state index contributed by atoms with van der Waals surface area (Å²) >= 11 is 1.66. The lowest BCUT2D eigenvalue weighted by molar-refractivity contribution is -0.114. The van der Waals surface area contributed by atoms with Crippen LogP contribution in [-0.2, 0) is 17.8 Å². The number of anilines is 1. The topological polar surface area (TPSA) is 87.6 Å². The molecular formula is C18H26IN5O2S. The van der Waals surface area contributed by atoms with E-state index in [4.69, 9.17) is 4.74 Å². The first-order valence-electron chi connectivity index (χ1n) is 8.32. The second kappa shape index (κ2) is 11.8. The van der Waals surface area contributed by atoms with Crippen LogP contribution in [0.4, 0.5) is 5.69 Å². The fourth-order valence-corrected chi connectivity index (χ4v) is 3.04. The first kappa shape index (κ1) is 23.2. The third kappa shape index (κ3) is 7.71. The lowest BCUT2D eigenvalue weighted by Gasteiger charge is -2.14. The lowest BCUT2D eigenvalue weighted by Crippen LogP contribution is -2.37. The molecule has 0 spiro atoms. The van der Waals surface area contributed by atoms with Crippen molar-refractivity contribution in [3.05, 3.63) is 39.8 Å². The summed E-state index contributed by atoms with van der Waals surface area (Å²) in [5.74, 6) is 1.21. The standard InChI is InChI=1S/C18H25N5O2S.HI/c1-12(24)22-16-9-14(5-6-17(16)25-4)10-21-18(19-3)20-8-7-15-11-26-13(2)23-15;/h5-6,9,11H,7-8,10H2,1-4H3,(H,22,24)(H2,19,20,21);1H. The van der Waals surface area contributed by atoms with Crippen molar-refractivity contribution in [2.24, 2.45) is 4.99 Å². The van der Waals surface area contributed by atoms with Gasteiger partial charge < -0.3 is 20.7 Å². The Labute approximate surface area is 181 Å². The highest BCUT2D eigenvalue weighted by Gasteiger charge is 2.07. The molecule has 0 saturated heterocycles. The van der Waals surface area contributed by atoms with E-state index in [0.717, 1.165) is 29.2 Å². The Balaban J connectivity index is 0.00000364. The van der Waals surface area contributed by atoms with Crippen LogP contribution in [0.2, 0.25) is 0 Å². The summed E-state index contributed by atoms with van der Waals surface area (Å²) in [5, 5.41) is 12.5. The zero-order valence-corrected chi connectivity index (χ0v) is 19.1. The molecule has 7 nitrogen and oxygen atoms in total. The molecule has 1 aromatic heterocycles. The van der Waals surface area contributed by atoms with E-state index in [0.29, 0.717) is 23.9 Å². The number of aromatic nitrogens is 1. The number of nitrogens with one attached hydrogen (secondary N) is 3. The van der Waals surface area contributed by atoms with Gasteiger partial charge in [-0.2, -0.15) is 0 Å². The molecule has 0 fully saturated rings. The normalized spacial score (nSPS) is 10.7. The summed E-state index contributed by atoms with van der Waals surface area (Å²) < 4.78 is 5.27. The Kier molecular flexibility index (Phi) is 10.1. The summed E-state index contributed by atoms with van der Waals surface area (Å²) in [6.45, 7) is 4.81. The van der Waals surface area contributed by atoms with Crippen molar-refractivity contribution in [2.75, 3.05) is 26.0 Å². The van der Waals surface area contributed by atoms with E-state index in [1.807, 2.05) is 25.1 Å². The van der Waals surface area contributed by atoms with E-state index in [1.165, 1.54) is 6.92 Å². The summed E-state index contributed by atoms with van der Waals surface area (Å²) in [7, 11) is 3.31. The number of rotatable bonds is 7. The molecule has 2 rings (SSSR count). The van der Waals surface area contributed by atoms with Crippen molar-refractivity contribution in [1.82, 2.24) is 15.6 Å². The molecule has 0 aliphatic rings. The molecule has 0 aliphatic carbocycles. The van der Waals surface area contributed by atoms with E-state index < -0.39 is 0 Å². The van der Waals surface area contributed by atoms with Gasteiger partial charge >= 0.3 is 0 Å². The van der Waals surface area contributed by atoms with Crippen molar-refractivity contribution in [1.29, 1.82) is 0 Å². The third-order valence-electron chi connectivity index (χ3n) is 3.60. The van der Waals surface area contributed by atoms with Gasteiger partial charge in [0.2, 0.25) is 5.91 Å². The van der Waals surface area contributed by atoms with Crippen LogP contribution in [0.3, 0.4) is 0 Å². The largest absolute Gasteiger partial charge is 0.495 e. The number of aliphatic imine (C=N–C) groups is 1. The fraction of sp³-hybridized carbons (Fsp3) is 0.389. The van der Waals surface area contributed by atoms with Gasteiger partial charge in [0.05, 0.1) is 23.5 Å². The number of ether oxygens (including phenoxy) is 1. The van der Waals surface area contributed by atoms with Gasteiger partial charge in [0.25, 0.3) is 0 Å². The maximum atomic E-state index is 11.3. The number of carbonyl (C=O) groups is 1. The number of hydrogen-bond acceptors (Lipinski definition) is 5. The highest BCUT2D eigenvalue weighted by Crippen LogP contribution is 2.25. The second-order valence-electron chi connectivity index (χ2n) is 5.68. The Bertz CT molecular complexity index is 779. The number of hydrogen-bond donors (Lipinski definition) is 3. The Morgan fingerprint density at radius 3 is 2.70 bits per heavy atom. The number of guanidine groups is 1. The molecule has 3 N–H and O–H groups in total. The van der Waals surface area contributed by atoms with E-state index in [9.17, 15) is 4.79 Å². The summed E-state index contributed by atoms with van der Waals surface area (Å²) in [5.41, 5.74) is 2.75. The molecule has 0 atom stereocenters. The minimum Gasteiger partial charge on any atom is -0.495 e. The Hall–Kier alpha value is -1.88. The predicted molar refractivity (Wildman–Crippen MR) is 121 cm³/mol. The SMILES string of the molecule is CN=C(NCCc1csc(C)n1)NCc1ccc(OC)c(NC(C)=O)c1.I. The van der Waals surface area contributed by atoms with E-state index in [2.05, 4.69) is 31.3 Å². The predicted octanol–water partition coefficient (Wildman–Crippen LogP) is 2.94. The van der Waals surface area contributed by atoms with Crippen LogP contribution < -0.4 is 20.7 Å². The molecule has 9 heteroatoms. The number of aryl methyl sites for hydroxylation is 1. The molecule has 2 aromatic rings. The van der Waals surface area contributed by atoms with Gasteiger partial charge in [-0.25, -0.2) is 4.98 Å². The third-order valence-corrected chi connectivity index (χ3v) is 4.42. The maximum Gasteiger partial charge on any atom is 0.221 e. The smallest absolute Gasteiger partial charge is 0.221 e. The molecule has 0 bridgehead atoms. The average molecular weight is 503 g/mol. The molecule has 0 radical (unpaired) electrons. The minimum atomic E-state index is -0.136. The highest BCUT2D eigenvalue weighted by molar-refractivity contribution is 14.0. The highest BCUT2D eigenvalue weighted by atomic mass is 127. The first-order chi connectivity index (χ1) is 12.5. The van der Waals surface area contributed by atoms with Crippen LogP contribution in [0, 0.1) is 6.92 Å². The van der Waals surface area contributed by atoms with Gasteiger partial charge in [-0.1, -0.05) is 6.07 Å². The monoisotopic (exact) mass is 503 g/mol. The van der Waals surface area contributed by atoms with Gasteiger partial charge in [0.1, 0.15) is 5.75 Å². The zero-order valence-electron chi connectivity index (χ0n) is 16.0. The van der Waals surface area contributed by atoms with Gasteiger partial charge in [0.15, 0.2) is 5.96 Å². The van der Waals surface area contributed by atoms with Crippen molar-refractivity contribution >= 4 is 52.9 Å². The minimum absolute atomic E-state index is 0. The number of nitrogens with zero attached hydrogens (tertiary/aromatic N) is 2. The van der Waals surface area contributed by atoms with Crippen molar-refractivity contribution in [2.45, 2.75) is 26.8 Å². The molecule has 0 aliphatic heterocycles. The summed E-state index contributed by atoms with van der Waals surface area (Å²) in [6, 6.07) is 5.67. The maximum absolute atomic E-state index is 11.3. The average Bonchev–Trinajstić information content (AvgIpc) is 3.03. The van der Waals surface area contributed by atoms with Crippen LogP contribution in [0.1, 0.15) is 23.2 Å². The number of amides is 1. The number of benzene rings is 1. The lowest BCUT2D eigenvalue weighted by atomic mass is 10.2. The molecule has 1 heterocycles. The van der Waals surface area contributed by atoms with Crippen LogP contribution in [0.5, 0.6) is 5.75 Å². The molecule has 27 heavy (non-hydrogen) atoms. The van der Waals surface area contributed by atoms with Crippen LogP contribution in [-0.4, -0.2) is 37.6 Å². The van der Waals surface area contributed by atoms with Gasteiger partial charge in [-0.05, 0) is 24.6 Å². The van der Waals surface area contributed by atoms with Gasteiger partial charge in [-0.15, -0.1) is 35.3 Å². The molecular weight excluding hydrogens is 477 g/mol. The molecule has 148 valence electrons. The number of carbonyl (C=O) groups excluding carboxylic acids is 1. The fourth-order valence-electron chi connectivity index (χ4n) is 2.39. The Morgan fingerprint density at radius 2 is 2.11 bits per heavy atom. The number of methoxy groups -OCH3 is 1. The van der Waals surface area contributed by atoms with Crippen molar-refractivity contribution in [3.8, 4) is 5.75 Å². The van der Waals surface area contributed by atoms with Crippen molar-refractivity contribution in [3.63, 3.8) is 0 Å². The van der Waals surface area contributed by atoms with Gasteiger partial charge in [0, 0.05) is 38.9 Å². The van der Waals surface area contributed by atoms with Crippen molar-refractivity contribution < 1.29 is 9.53 Å². The quantitative estimate of drug-likeness (QED) is 0.307. The number of thiazole rings is 1. The van der Waals surface area contributed by atoms with E-state index >= 15 is 0 Å². The van der Waals surface area contributed by atoms with Crippen LogP contribution >= 0.6 is 35.3 Å². The van der Waals surface area contributed by atoms with E-state index in [-0.39, 0.29) is 29.9 Å².